The van der Waals surface area contributed by atoms with Crippen molar-refractivity contribution in [2.45, 2.75) is 31.5 Å². The molecule has 0 aliphatic heterocycles. The molecule has 1 fully saturated rings. The molecule has 1 saturated carbocycles. The molecule has 0 radical (unpaired) electrons. The van der Waals surface area contributed by atoms with E-state index in [0.29, 0.717) is 12.8 Å². The van der Waals surface area contributed by atoms with Crippen molar-refractivity contribution in [2.24, 2.45) is 11.7 Å². The Kier molecular flexibility index (Phi) is 2.46. The van der Waals surface area contributed by atoms with Crippen molar-refractivity contribution in [1.29, 1.82) is 0 Å². The molecular formula is C7H13NO3. The highest BCUT2D eigenvalue weighted by Gasteiger charge is 2.31. The Hall–Kier alpha value is -0.610. The molecule has 64 valence electrons. The summed E-state index contributed by atoms with van der Waals surface area (Å²) >= 11 is 0. The first-order valence-corrected chi connectivity index (χ1v) is 3.74. The van der Waals surface area contributed by atoms with Gasteiger partial charge in [0.2, 0.25) is 5.91 Å². The number of hydrogen-bond donors (Lipinski definition) is 3. The predicted molar refractivity (Wildman–Crippen MR) is 38.5 cm³/mol. The first-order chi connectivity index (χ1) is 5.09. The fraction of sp³-hybridized carbons (Fsp3) is 0.857. The molecular weight excluding hydrogens is 146 g/mol. The third-order valence-electron chi connectivity index (χ3n) is 2.08. The smallest absolute Gasteiger partial charge is 0.217 e. The Labute approximate surface area is 65.0 Å². The van der Waals surface area contributed by atoms with E-state index in [1.807, 2.05) is 0 Å². The molecule has 2 unspecified atom stereocenters. The van der Waals surface area contributed by atoms with Crippen molar-refractivity contribution in [3.63, 3.8) is 0 Å². The van der Waals surface area contributed by atoms with Crippen LogP contribution in [0.5, 0.6) is 0 Å². The fourth-order valence-electron chi connectivity index (χ4n) is 1.54. The molecule has 2 atom stereocenters. The summed E-state index contributed by atoms with van der Waals surface area (Å²) in [5, 5.41) is 18.2. The molecule has 4 heteroatoms. The Morgan fingerprint density at radius 1 is 1.36 bits per heavy atom. The van der Waals surface area contributed by atoms with Crippen LogP contribution in [0.1, 0.15) is 19.3 Å². The second-order valence-electron chi connectivity index (χ2n) is 3.14. The van der Waals surface area contributed by atoms with E-state index in [-0.39, 0.29) is 18.2 Å². The van der Waals surface area contributed by atoms with E-state index in [1.165, 1.54) is 0 Å². The van der Waals surface area contributed by atoms with Crippen LogP contribution in [0, 0.1) is 5.92 Å². The summed E-state index contributed by atoms with van der Waals surface area (Å²) in [4.78, 5) is 10.4. The lowest BCUT2D eigenvalue weighted by Gasteiger charge is -2.03. The van der Waals surface area contributed by atoms with Gasteiger partial charge in [-0.25, -0.2) is 0 Å². The lowest BCUT2D eigenvalue weighted by molar-refractivity contribution is -0.118. The van der Waals surface area contributed by atoms with E-state index >= 15 is 0 Å². The molecule has 4 N–H and O–H groups in total. The maximum Gasteiger partial charge on any atom is 0.217 e. The summed E-state index contributed by atoms with van der Waals surface area (Å²) in [5.41, 5.74) is 4.96. The maximum atomic E-state index is 10.4. The minimum Gasteiger partial charge on any atom is -0.390 e. The largest absolute Gasteiger partial charge is 0.390 e. The van der Waals surface area contributed by atoms with Gasteiger partial charge in [0.05, 0.1) is 12.2 Å². The van der Waals surface area contributed by atoms with Gasteiger partial charge >= 0.3 is 0 Å². The van der Waals surface area contributed by atoms with Crippen LogP contribution in [-0.2, 0) is 4.79 Å². The molecule has 11 heavy (non-hydrogen) atoms. The van der Waals surface area contributed by atoms with Crippen LogP contribution in [0.4, 0.5) is 0 Å². The van der Waals surface area contributed by atoms with Gasteiger partial charge in [-0.2, -0.15) is 0 Å². The minimum absolute atomic E-state index is 0.0671. The summed E-state index contributed by atoms with van der Waals surface area (Å²) < 4.78 is 0. The van der Waals surface area contributed by atoms with Crippen molar-refractivity contribution in [3.05, 3.63) is 0 Å². The standard InChI is InChI=1S/C7H13NO3/c8-7(11)3-4-1-5(9)6(10)2-4/h4-6,9-10H,1-3H2,(H2,8,11). The van der Waals surface area contributed by atoms with Crippen LogP contribution in [-0.4, -0.2) is 28.3 Å². The molecule has 0 heterocycles. The normalized spacial score (nSPS) is 37.5. The lowest BCUT2D eigenvalue weighted by atomic mass is 10.0. The van der Waals surface area contributed by atoms with E-state index in [0.717, 1.165) is 0 Å². The van der Waals surface area contributed by atoms with Gasteiger partial charge in [0.15, 0.2) is 0 Å². The van der Waals surface area contributed by atoms with Gasteiger partial charge in [0.1, 0.15) is 0 Å². The maximum absolute atomic E-state index is 10.4. The van der Waals surface area contributed by atoms with Gasteiger partial charge < -0.3 is 15.9 Å². The molecule has 0 aromatic rings. The summed E-state index contributed by atoms with van der Waals surface area (Å²) in [7, 11) is 0. The topological polar surface area (TPSA) is 83.6 Å². The number of primary amides is 1. The molecule has 0 saturated heterocycles. The fourth-order valence-corrected chi connectivity index (χ4v) is 1.54. The number of aliphatic hydroxyl groups is 2. The Morgan fingerprint density at radius 3 is 2.18 bits per heavy atom. The second-order valence-corrected chi connectivity index (χ2v) is 3.14. The van der Waals surface area contributed by atoms with Gasteiger partial charge in [-0.1, -0.05) is 0 Å². The van der Waals surface area contributed by atoms with Gasteiger partial charge in [0, 0.05) is 6.42 Å². The molecule has 1 amide bonds. The minimum atomic E-state index is -0.667. The number of rotatable bonds is 2. The number of nitrogens with two attached hydrogens (primary N) is 1. The average Bonchev–Trinajstić information content (AvgIpc) is 2.10. The predicted octanol–water partition coefficient (Wildman–Crippen LogP) is -1.01. The zero-order valence-electron chi connectivity index (χ0n) is 6.23. The molecule has 1 rings (SSSR count). The molecule has 0 aromatic heterocycles. The number of carbonyl (C=O) groups is 1. The first-order valence-electron chi connectivity index (χ1n) is 3.74. The zero-order chi connectivity index (χ0) is 8.43. The van der Waals surface area contributed by atoms with Gasteiger partial charge in [-0.3, -0.25) is 4.79 Å². The highest BCUT2D eigenvalue weighted by atomic mass is 16.3. The monoisotopic (exact) mass is 159 g/mol. The van der Waals surface area contributed by atoms with Crippen molar-refractivity contribution < 1.29 is 15.0 Å². The van der Waals surface area contributed by atoms with Crippen molar-refractivity contribution >= 4 is 5.91 Å². The number of carbonyl (C=O) groups excluding carboxylic acids is 1. The second kappa shape index (κ2) is 3.19. The molecule has 0 aromatic carbocycles. The molecule has 4 nitrogen and oxygen atoms in total. The van der Waals surface area contributed by atoms with Crippen molar-refractivity contribution in [3.8, 4) is 0 Å². The van der Waals surface area contributed by atoms with E-state index in [9.17, 15) is 4.79 Å². The van der Waals surface area contributed by atoms with E-state index in [1.54, 1.807) is 0 Å². The Bertz CT molecular complexity index is 150. The average molecular weight is 159 g/mol. The van der Waals surface area contributed by atoms with Crippen molar-refractivity contribution in [2.75, 3.05) is 0 Å². The van der Waals surface area contributed by atoms with Crippen LogP contribution >= 0.6 is 0 Å². The zero-order valence-corrected chi connectivity index (χ0v) is 6.23. The third-order valence-corrected chi connectivity index (χ3v) is 2.08. The molecule has 1 aliphatic carbocycles. The Balaban J connectivity index is 2.35. The summed E-state index contributed by atoms with van der Waals surface area (Å²) in [6.45, 7) is 0. The van der Waals surface area contributed by atoms with E-state index < -0.39 is 12.2 Å². The molecule has 1 aliphatic rings. The van der Waals surface area contributed by atoms with Crippen LogP contribution in [0.25, 0.3) is 0 Å². The van der Waals surface area contributed by atoms with Crippen LogP contribution in [0.3, 0.4) is 0 Å². The summed E-state index contributed by atoms with van der Waals surface area (Å²) in [6, 6.07) is 0. The van der Waals surface area contributed by atoms with Gasteiger partial charge in [-0.15, -0.1) is 0 Å². The molecule has 0 bridgehead atoms. The lowest BCUT2D eigenvalue weighted by Crippen LogP contribution is -2.17. The molecule has 0 spiro atoms. The highest BCUT2D eigenvalue weighted by Crippen LogP contribution is 2.28. The van der Waals surface area contributed by atoms with Crippen LogP contribution in [0.15, 0.2) is 0 Å². The van der Waals surface area contributed by atoms with Gasteiger partial charge in [-0.05, 0) is 18.8 Å². The van der Waals surface area contributed by atoms with Crippen molar-refractivity contribution in [1.82, 2.24) is 0 Å². The summed E-state index contributed by atoms with van der Waals surface area (Å²) in [6.07, 6.45) is -0.0822. The van der Waals surface area contributed by atoms with Gasteiger partial charge in [0.25, 0.3) is 0 Å². The highest BCUT2D eigenvalue weighted by molar-refractivity contribution is 5.74. The first kappa shape index (κ1) is 8.49. The van der Waals surface area contributed by atoms with E-state index in [2.05, 4.69) is 0 Å². The van der Waals surface area contributed by atoms with E-state index in [4.69, 9.17) is 15.9 Å². The Morgan fingerprint density at radius 2 is 1.82 bits per heavy atom. The quantitative estimate of drug-likeness (QED) is 0.483. The van der Waals surface area contributed by atoms with Crippen LogP contribution in [0.2, 0.25) is 0 Å². The third kappa shape index (κ3) is 2.17. The van der Waals surface area contributed by atoms with Crippen LogP contribution < -0.4 is 5.73 Å². The number of aliphatic hydroxyl groups excluding tert-OH is 2. The number of amides is 1. The summed E-state index contributed by atoms with van der Waals surface area (Å²) in [5.74, 6) is -0.297. The number of hydrogen-bond acceptors (Lipinski definition) is 3. The SMILES string of the molecule is NC(=O)CC1CC(O)C(O)C1.